The highest BCUT2D eigenvalue weighted by Gasteiger charge is 2.20. The lowest BCUT2D eigenvalue weighted by atomic mass is 9.86. The van der Waals surface area contributed by atoms with Crippen molar-refractivity contribution in [1.29, 1.82) is 0 Å². The number of aromatic nitrogens is 1. The van der Waals surface area contributed by atoms with Crippen LogP contribution in [-0.4, -0.2) is 44.7 Å². The Hall–Kier alpha value is -0.460. The fourth-order valence-corrected chi connectivity index (χ4v) is 4.40. The summed E-state index contributed by atoms with van der Waals surface area (Å²) in [6, 6.07) is 0. The Balaban J connectivity index is 0.00000338. The van der Waals surface area contributed by atoms with Gasteiger partial charge in [-0.1, -0.05) is 6.42 Å². The first-order valence-electron chi connectivity index (χ1n) is 8.82. The van der Waals surface area contributed by atoms with Crippen molar-refractivity contribution in [2.24, 2.45) is 10.9 Å². The van der Waals surface area contributed by atoms with Gasteiger partial charge in [-0.05, 0) is 39.5 Å². The number of hydrogen-bond donors (Lipinski definition) is 3. The van der Waals surface area contributed by atoms with Gasteiger partial charge in [0.15, 0.2) is 5.96 Å². The number of halogens is 1. The third-order valence-corrected chi connectivity index (χ3v) is 6.61. The van der Waals surface area contributed by atoms with Crippen molar-refractivity contribution in [3.05, 3.63) is 15.6 Å². The van der Waals surface area contributed by atoms with Crippen LogP contribution < -0.4 is 15.4 Å². The highest BCUT2D eigenvalue weighted by atomic mass is 127. The van der Waals surface area contributed by atoms with Gasteiger partial charge in [0.05, 0.1) is 23.0 Å². The van der Waals surface area contributed by atoms with Gasteiger partial charge in [-0.2, -0.15) is 0 Å². The van der Waals surface area contributed by atoms with Crippen molar-refractivity contribution in [2.75, 3.05) is 25.4 Å². The zero-order chi connectivity index (χ0) is 18.3. The average molecular weight is 515 g/mol. The van der Waals surface area contributed by atoms with Gasteiger partial charge in [0.2, 0.25) is 10.0 Å². The second-order valence-electron chi connectivity index (χ2n) is 6.33. The second-order valence-corrected chi connectivity index (χ2v) is 9.54. The number of rotatable bonds is 9. The monoisotopic (exact) mass is 515 g/mol. The standard InChI is InChI=1S/C16H29N5O2S2.HI/c1-4-17-16(19-11-15-12(2)21-13(3)24-15)18-8-9-25(22,23)20-10-14-6-5-7-14;/h14,20H,4-11H2,1-3H3,(H2,17,18,19);1H. The number of nitrogens with zero attached hydrogens (tertiary/aromatic N) is 2. The van der Waals surface area contributed by atoms with Gasteiger partial charge < -0.3 is 10.6 Å². The lowest BCUT2D eigenvalue weighted by Crippen LogP contribution is -2.42. The van der Waals surface area contributed by atoms with Crippen molar-refractivity contribution >= 4 is 51.3 Å². The molecule has 1 fully saturated rings. The summed E-state index contributed by atoms with van der Waals surface area (Å²) in [6.45, 7) is 8.10. The zero-order valence-electron chi connectivity index (χ0n) is 15.7. The van der Waals surface area contributed by atoms with Gasteiger partial charge in [-0.15, -0.1) is 35.3 Å². The van der Waals surface area contributed by atoms with Crippen LogP contribution in [0, 0.1) is 19.8 Å². The van der Waals surface area contributed by atoms with Gasteiger partial charge in [0.1, 0.15) is 0 Å². The Bertz CT molecular complexity index is 687. The molecule has 1 aliphatic carbocycles. The van der Waals surface area contributed by atoms with E-state index in [-0.39, 0.29) is 29.7 Å². The Morgan fingerprint density at radius 3 is 2.58 bits per heavy atom. The van der Waals surface area contributed by atoms with Crippen LogP contribution in [0.3, 0.4) is 0 Å². The number of aryl methyl sites for hydroxylation is 2. The summed E-state index contributed by atoms with van der Waals surface area (Å²) in [4.78, 5) is 10.0. The van der Waals surface area contributed by atoms with E-state index >= 15 is 0 Å². The lowest BCUT2D eigenvalue weighted by Gasteiger charge is -2.25. The fourth-order valence-electron chi connectivity index (χ4n) is 2.53. The molecule has 150 valence electrons. The number of sulfonamides is 1. The highest BCUT2D eigenvalue weighted by Crippen LogP contribution is 2.25. The SMILES string of the molecule is CCNC(=NCc1sc(C)nc1C)NCCS(=O)(=O)NCC1CCC1.I. The van der Waals surface area contributed by atoms with Crippen LogP contribution in [0.2, 0.25) is 0 Å². The molecule has 0 unspecified atom stereocenters. The Labute approximate surface area is 177 Å². The Morgan fingerprint density at radius 1 is 1.31 bits per heavy atom. The van der Waals surface area contributed by atoms with Crippen LogP contribution in [0.25, 0.3) is 0 Å². The molecule has 3 N–H and O–H groups in total. The van der Waals surface area contributed by atoms with Gasteiger partial charge in [-0.25, -0.2) is 23.1 Å². The molecule has 0 radical (unpaired) electrons. The van der Waals surface area contributed by atoms with E-state index in [1.54, 1.807) is 11.3 Å². The van der Waals surface area contributed by atoms with E-state index in [2.05, 4.69) is 25.3 Å². The van der Waals surface area contributed by atoms with E-state index in [9.17, 15) is 8.42 Å². The first kappa shape index (κ1) is 23.6. The molecular formula is C16H30IN5O2S2. The summed E-state index contributed by atoms with van der Waals surface area (Å²) in [6.07, 6.45) is 3.48. The van der Waals surface area contributed by atoms with E-state index in [0.717, 1.165) is 35.0 Å². The minimum atomic E-state index is -3.24. The van der Waals surface area contributed by atoms with E-state index in [0.29, 0.717) is 31.5 Å². The lowest BCUT2D eigenvalue weighted by molar-refractivity contribution is 0.316. The highest BCUT2D eigenvalue weighted by molar-refractivity contribution is 14.0. The Kier molecular flexibility index (Phi) is 10.3. The minimum Gasteiger partial charge on any atom is -0.357 e. The second kappa shape index (κ2) is 11.4. The van der Waals surface area contributed by atoms with Crippen molar-refractivity contribution in [3.8, 4) is 0 Å². The average Bonchev–Trinajstić information content (AvgIpc) is 2.80. The molecule has 0 bridgehead atoms. The van der Waals surface area contributed by atoms with Crippen molar-refractivity contribution in [1.82, 2.24) is 20.3 Å². The van der Waals surface area contributed by atoms with E-state index in [4.69, 9.17) is 0 Å². The smallest absolute Gasteiger partial charge is 0.213 e. The van der Waals surface area contributed by atoms with Crippen LogP contribution in [0.5, 0.6) is 0 Å². The topological polar surface area (TPSA) is 95.5 Å². The number of aliphatic imine (C=N–C) groups is 1. The summed E-state index contributed by atoms with van der Waals surface area (Å²) < 4.78 is 26.7. The molecule has 1 aromatic heterocycles. The van der Waals surface area contributed by atoms with Gasteiger partial charge in [0.25, 0.3) is 0 Å². The Morgan fingerprint density at radius 2 is 2.04 bits per heavy atom. The van der Waals surface area contributed by atoms with E-state index in [1.807, 2.05) is 20.8 Å². The largest absolute Gasteiger partial charge is 0.357 e. The van der Waals surface area contributed by atoms with Crippen LogP contribution >= 0.6 is 35.3 Å². The van der Waals surface area contributed by atoms with Crippen LogP contribution in [0.1, 0.15) is 41.8 Å². The van der Waals surface area contributed by atoms with Gasteiger partial charge in [-0.3, -0.25) is 0 Å². The predicted molar refractivity (Wildman–Crippen MR) is 119 cm³/mol. The van der Waals surface area contributed by atoms with Gasteiger partial charge >= 0.3 is 0 Å². The molecule has 1 heterocycles. The quantitative estimate of drug-likeness (QED) is 0.266. The molecule has 1 aliphatic rings. The molecule has 10 heteroatoms. The molecule has 0 aliphatic heterocycles. The summed E-state index contributed by atoms with van der Waals surface area (Å²) in [5, 5.41) is 7.27. The molecule has 2 rings (SSSR count). The molecule has 0 aromatic carbocycles. The first-order valence-corrected chi connectivity index (χ1v) is 11.3. The molecule has 0 saturated heterocycles. The molecule has 0 amide bonds. The maximum atomic E-state index is 12.0. The summed E-state index contributed by atoms with van der Waals surface area (Å²) in [7, 11) is -3.24. The van der Waals surface area contributed by atoms with Crippen LogP contribution in [0.15, 0.2) is 4.99 Å². The maximum Gasteiger partial charge on any atom is 0.213 e. The van der Waals surface area contributed by atoms with Crippen molar-refractivity contribution < 1.29 is 8.42 Å². The van der Waals surface area contributed by atoms with Crippen LogP contribution in [-0.2, 0) is 16.6 Å². The van der Waals surface area contributed by atoms with Gasteiger partial charge in [0, 0.05) is 24.5 Å². The molecular weight excluding hydrogens is 485 g/mol. The number of nitrogens with one attached hydrogen (secondary N) is 3. The summed E-state index contributed by atoms with van der Waals surface area (Å²) in [5.74, 6) is 1.19. The molecule has 1 aromatic rings. The van der Waals surface area contributed by atoms with E-state index in [1.165, 1.54) is 6.42 Å². The third kappa shape index (κ3) is 8.05. The molecule has 1 saturated carbocycles. The third-order valence-electron chi connectivity index (χ3n) is 4.20. The number of guanidine groups is 1. The molecule has 0 spiro atoms. The molecule has 0 atom stereocenters. The first-order chi connectivity index (χ1) is 11.9. The zero-order valence-corrected chi connectivity index (χ0v) is 19.6. The van der Waals surface area contributed by atoms with E-state index < -0.39 is 10.0 Å². The summed E-state index contributed by atoms with van der Waals surface area (Å²) in [5.41, 5.74) is 1.00. The summed E-state index contributed by atoms with van der Waals surface area (Å²) >= 11 is 1.64. The van der Waals surface area contributed by atoms with Crippen LogP contribution in [0.4, 0.5) is 0 Å². The normalized spacial score (nSPS) is 15.3. The number of thiazole rings is 1. The predicted octanol–water partition coefficient (Wildman–Crippen LogP) is 2.15. The van der Waals surface area contributed by atoms with Crippen molar-refractivity contribution in [2.45, 2.75) is 46.6 Å². The minimum absolute atomic E-state index is 0. The van der Waals surface area contributed by atoms with Crippen molar-refractivity contribution in [3.63, 3.8) is 0 Å². The molecule has 26 heavy (non-hydrogen) atoms. The maximum absolute atomic E-state index is 12.0. The number of hydrogen-bond acceptors (Lipinski definition) is 5. The molecule has 7 nitrogen and oxygen atoms in total. The fraction of sp³-hybridized carbons (Fsp3) is 0.750.